The highest BCUT2D eigenvalue weighted by Crippen LogP contribution is 2.04. The molecule has 0 aliphatic carbocycles. The van der Waals surface area contributed by atoms with Crippen LogP contribution in [0.3, 0.4) is 0 Å². The van der Waals surface area contributed by atoms with Crippen molar-refractivity contribution >= 4 is 41.7 Å². The molecule has 1 unspecified atom stereocenters. The Hall–Kier alpha value is -4.27. The maximum Gasteiger partial charge on any atom is 0.331 e. The number of amides is 2. The summed E-state index contributed by atoms with van der Waals surface area (Å²) >= 11 is 0. The Balaban J connectivity index is 0.000000741. The SMILES string of the molecule is CCOC(=O)CN(C)C(=O)COC(=O)/C=C/C(=O)OC.COC(=O)/C=C/C(=O)OC(C)C(=O)N1CCOCC1. The van der Waals surface area contributed by atoms with Crippen LogP contribution >= 0.6 is 0 Å². The minimum atomic E-state index is -0.895. The van der Waals surface area contributed by atoms with E-state index in [2.05, 4.69) is 18.9 Å². The number of carbonyl (C=O) groups excluding carboxylic acids is 7. The minimum absolute atomic E-state index is 0.216. The van der Waals surface area contributed by atoms with Crippen molar-refractivity contribution < 1.29 is 62.0 Å². The van der Waals surface area contributed by atoms with Gasteiger partial charge in [-0.1, -0.05) is 0 Å². The van der Waals surface area contributed by atoms with Gasteiger partial charge < -0.3 is 38.2 Å². The second-order valence-corrected chi connectivity index (χ2v) is 7.39. The number of morpholine rings is 1. The van der Waals surface area contributed by atoms with Crippen molar-refractivity contribution in [3.8, 4) is 0 Å². The van der Waals surface area contributed by atoms with E-state index in [4.69, 9.17) is 9.47 Å². The molecule has 1 saturated heterocycles. The molecule has 1 aliphatic heterocycles. The smallest absolute Gasteiger partial charge is 0.331 e. The van der Waals surface area contributed by atoms with E-state index < -0.39 is 48.5 Å². The van der Waals surface area contributed by atoms with E-state index in [0.717, 1.165) is 36.3 Å². The van der Waals surface area contributed by atoms with Gasteiger partial charge in [-0.05, 0) is 13.8 Å². The Kier molecular flexibility index (Phi) is 17.6. The summed E-state index contributed by atoms with van der Waals surface area (Å²) in [5, 5.41) is 0. The number of carbonyl (C=O) groups is 7. The number of hydrogen-bond donors (Lipinski definition) is 0. The van der Waals surface area contributed by atoms with Crippen LogP contribution in [-0.2, 0) is 62.0 Å². The fourth-order valence-electron chi connectivity index (χ4n) is 2.49. The fourth-order valence-corrected chi connectivity index (χ4v) is 2.49. The molecule has 1 fully saturated rings. The number of nitrogens with zero attached hydrogens (tertiary/aromatic N) is 2. The Morgan fingerprint density at radius 1 is 0.846 bits per heavy atom. The zero-order valence-corrected chi connectivity index (χ0v) is 22.5. The second-order valence-electron chi connectivity index (χ2n) is 7.39. The van der Waals surface area contributed by atoms with Crippen LogP contribution in [0, 0.1) is 0 Å². The molecular weight excluding hydrogens is 524 g/mol. The highest BCUT2D eigenvalue weighted by molar-refractivity contribution is 5.93. The van der Waals surface area contributed by atoms with Crippen LogP contribution < -0.4 is 0 Å². The van der Waals surface area contributed by atoms with Crippen molar-refractivity contribution in [1.29, 1.82) is 0 Å². The van der Waals surface area contributed by atoms with E-state index in [0.29, 0.717) is 26.3 Å². The van der Waals surface area contributed by atoms with Crippen molar-refractivity contribution in [2.45, 2.75) is 20.0 Å². The summed E-state index contributed by atoms with van der Waals surface area (Å²) < 4.78 is 27.9. The highest BCUT2D eigenvalue weighted by Gasteiger charge is 2.24. The molecule has 1 heterocycles. The van der Waals surface area contributed by atoms with E-state index >= 15 is 0 Å². The van der Waals surface area contributed by atoms with Gasteiger partial charge in [0.15, 0.2) is 12.7 Å². The maximum atomic E-state index is 11.9. The van der Waals surface area contributed by atoms with Gasteiger partial charge in [0.05, 0.1) is 34.0 Å². The normalized spacial score (nSPS) is 13.4. The predicted octanol–water partition coefficient (Wildman–Crippen LogP) is -1.21. The standard InChI is InChI=1S/C12H17NO7.C12H17NO6/c1-4-19-12(17)7-13(2)9(14)8-20-11(16)6-5-10(15)18-3;1-9(12(16)13-5-7-18-8-6-13)19-11(15)4-3-10(14)17-2/h5-6H,4,7-8H2,1-3H3;3-4,9H,5-8H2,1-2H3/b6-5+;4-3+. The first kappa shape index (κ1) is 34.7. The third kappa shape index (κ3) is 16.2. The summed E-state index contributed by atoms with van der Waals surface area (Å²) in [4.78, 5) is 81.1. The highest BCUT2D eigenvalue weighted by atomic mass is 16.6. The third-order valence-electron chi connectivity index (χ3n) is 4.51. The lowest BCUT2D eigenvalue weighted by molar-refractivity contribution is -0.157. The van der Waals surface area contributed by atoms with Gasteiger partial charge in [0, 0.05) is 44.4 Å². The number of esters is 5. The van der Waals surface area contributed by atoms with E-state index in [1.165, 1.54) is 21.1 Å². The quantitative estimate of drug-likeness (QED) is 0.167. The summed E-state index contributed by atoms with van der Waals surface area (Å²) in [6.07, 6.45) is 2.68. The molecule has 39 heavy (non-hydrogen) atoms. The van der Waals surface area contributed by atoms with Gasteiger partial charge in [-0.2, -0.15) is 0 Å². The minimum Gasteiger partial charge on any atom is -0.466 e. The van der Waals surface area contributed by atoms with Gasteiger partial charge >= 0.3 is 29.8 Å². The van der Waals surface area contributed by atoms with Crippen molar-refractivity contribution in [3.05, 3.63) is 24.3 Å². The topological polar surface area (TPSA) is 181 Å². The first-order valence-electron chi connectivity index (χ1n) is 11.6. The number of likely N-dealkylation sites (N-methyl/N-ethyl adjacent to an activating group) is 1. The van der Waals surface area contributed by atoms with Crippen molar-refractivity contribution in [1.82, 2.24) is 9.80 Å². The summed E-state index contributed by atoms with van der Waals surface area (Å²) in [5.74, 6) is -4.41. The fraction of sp³-hybridized carbons (Fsp3) is 0.542. The number of methoxy groups -OCH3 is 2. The molecule has 0 aromatic heterocycles. The molecule has 15 heteroatoms. The molecule has 0 aromatic rings. The molecule has 0 radical (unpaired) electrons. The second kappa shape index (κ2) is 19.8. The molecule has 1 aliphatic rings. The Morgan fingerprint density at radius 3 is 1.87 bits per heavy atom. The van der Waals surface area contributed by atoms with E-state index in [1.807, 2.05) is 0 Å². The number of ether oxygens (including phenoxy) is 6. The van der Waals surface area contributed by atoms with Gasteiger partial charge in [0.2, 0.25) is 0 Å². The third-order valence-corrected chi connectivity index (χ3v) is 4.51. The zero-order chi connectivity index (χ0) is 29.8. The average Bonchev–Trinajstić information content (AvgIpc) is 2.93. The summed E-state index contributed by atoms with van der Waals surface area (Å²) in [6, 6.07) is 0. The van der Waals surface area contributed by atoms with Crippen LogP contribution in [0.15, 0.2) is 24.3 Å². The first-order valence-corrected chi connectivity index (χ1v) is 11.6. The predicted molar refractivity (Wildman–Crippen MR) is 130 cm³/mol. The largest absolute Gasteiger partial charge is 0.466 e. The molecule has 0 saturated carbocycles. The van der Waals surface area contributed by atoms with Crippen molar-refractivity contribution in [2.75, 3.05) is 67.3 Å². The molecule has 1 atom stereocenters. The van der Waals surface area contributed by atoms with E-state index in [-0.39, 0.29) is 19.1 Å². The van der Waals surface area contributed by atoms with Crippen LogP contribution in [0.1, 0.15) is 13.8 Å². The molecule has 218 valence electrons. The summed E-state index contributed by atoms with van der Waals surface area (Å²) in [6.45, 7) is 4.51. The van der Waals surface area contributed by atoms with Crippen LogP contribution in [0.25, 0.3) is 0 Å². The van der Waals surface area contributed by atoms with Gasteiger partial charge in [-0.25, -0.2) is 19.2 Å². The van der Waals surface area contributed by atoms with Gasteiger partial charge in [-0.15, -0.1) is 0 Å². The van der Waals surface area contributed by atoms with Crippen LogP contribution in [0.2, 0.25) is 0 Å². The Morgan fingerprint density at radius 2 is 1.36 bits per heavy atom. The average molecular weight is 559 g/mol. The van der Waals surface area contributed by atoms with Crippen molar-refractivity contribution in [2.24, 2.45) is 0 Å². The molecule has 1 rings (SSSR count). The van der Waals surface area contributed by atoms with Crippen LogP contribution in [-0.4, -0.2) is 125 Å². The van der Waals surface area contributed by atoms with Crippen LogP contribution in [0.5, 0.6) is 0 Å². The molecular formula is C24H34N2O13. The lowest BCUT2D eigenvalue weighted by Gasteiger charge is -2.28. The van der Waals surface area contributed by atoms with Gasteiger partial charge in [0.25, 0.3) is 11.8 Å². The first-order chi connectivity index (χ1) is 18.4. The lowest BCUT2D eigenvalue weighted by Crippen LogP contribution is -2.45. The summed E-state index contributed by atoms with van der Waals surface area (Å²) in [7, 11) is 3.73. The Labute approximate surface area is 225 Å². The molecule has 0 spiro atoms. The zero-order valence-electron chi connectivity index (χ0n) is 22.5. The summed E-state index contributed by atoms with van der Waals surface area (Å²) in [5.41, 5.74) is 0. The Bertz CT molecular complexity index is 923. The number of rotatable bonds is 11. The molecule has 0 N–H and O–H groups in total. The monoisotopic (exact) mass is 558 g/mol. The molecule has 0 aromatic carbocycles. The van der Waals surface area contributed by atoms with Gasteiger partial charge in [-0.3, -0.25) is 14.4 Å². The molecule has 0 bridgehead atoms. The van der Waals surface area contributed by atoms with Gasteiger partial charge in [0.1, 0.15) is 6.54 Å². The van der Waals surface area contributed by atoms with Crippen molar-refractivity contribution in [3.63, 3.8) is 0 Å². The van der Waals surface area contributed by atoms with E-state index in [1.54, 1.807) is 11.8 Å². The lowest BCUT2D eigenvalue weighted by atomic mass is 10.3. The molecule has 2 amide bonds. The van der Waals surface area contributed by atoms with E-state index in [9.17, 15) is 33.6 Å². The maximum absolute atomic E-state index is 11.9. The number of hydrogen-bond acceptors (Lipinski definition) is 13. The molecule has 15 nitrogen and oxygen atoms in total. The van der Waals surface area contributed by atoms with Crippen LogP contribution in [0.4, 0.5) is 0 Å².